The first-order valence-corrected chi connectivity index (χ1v) is 13.3. The quantitative estimate of drug-likeness (QED) is 0.309. The fourth-order valence-corrected chi connectivity index (χ4v) is 6.86. The van der Waals surface area contributed by atoms with Crippen LogP contribution in [-0.2, 0) is 22.4 Å². The van der Waals surface area contributed by atoms with Crippen LogP contribution in [0.1, 0.15) is 46.1 Å². The Hall–Kier alpha value is -2.57. The highest BCUT2D eigenvalue weighted by molar-refractivity contribution is 7.99. The molecule has 9 nitrogen and oxygen atoms in total. The fourth-order valence-electron chi connectivity index (χ4n) is 3.94. The minimum Gasteiger partial charge on any atom is -0.462 e. The topological polar surface area (TPSA) is 111 Å². The minimum atomic E-state index is -0.429. The predicted octanol–water partition coefficient (Wildman–Crippen LogP) is 4.14. The summed E-state index contributed by atoms with van der Waals surface area (Å²) in [6.07, 6.45) is 5.03. The number of thiophene rings is 1. The molecule has 1 amide bonds. The number of aryl methyl sites for hydroxylation is 2. The first-order chi connectivity index (χ1) is 15.9. The SMILES string of the molecule is CCOC(=O)c1sc(NC(=O)CSc2nnc3c4c5c(sc4ncn23)CC(C)CC5)nc1C. The van der Waals surface area contributed by atoms with Crippen LogP contribution in [0.2, 0.25) is 0 Å². The van der Waals surface area contributed by atoms with Crippen molar-refractivity contribution in [3.8, 4) is 0 Å². The van der Waals surface area contributed by atoms with Crippen molar-refractivity contribution in [2.24, 2.45) is 5.92 Å². The molecule has 0 saturated heterocycles. The van der Waals surface area contributed by atoms with Gasteiger partial charge in [0.1, 0.15) is 16.0 Å². The lowest BCUT2D eigenvalue weighted by Crippen LogP contribution is -2.14. The van der Waals surface area contributed by atoms with Crippen molar-refractivity contribution >= 4 is 67.3 Å². The number of rotatable bonds is 6. The average molecular weight is 503 g/mol. The molecule has 5 rings (SSSR count). The maximum atomic E-state index is 12.5. The van der Waals surface area contributed by atoms with E-state index in [9.17, 15) is 9.59 Å². The monoisotopic (exact) mass is 502 g/mol. The first-order valence-electron chi connectivity index (χ1n) is 10.7. The number of fused-ring (bicyclic) bond motifs is 5. The second-order valence-corrected chi connectivity index (χ2v) is 11.0. The van der Waals surface area contributed by atoms with E-state index in [0.29, 0.717) is 26.8 Å². The average Bonchev–Trinajstić information content (AvgIpc) is 3.46. The van der Waals surface area contributed by atoms with Crippen LogP contribution in [0.5, 0.6) is 0 Å². The Labute approximate surface area is 202 Å². The molecule has 172 valence electrons. The molecule has 4 aromatic rings. The van der Waals surface area contributed by atoms with E-state index in [2.05, 4.69) is 32.4 Å². The molecular formula is C21H22N6O3S3. The van der Waals surface area contributed by atoms with E-state index in [4.69, 9.17) is 4.74 Å². The van der Waals surface area contributed by atoms with Crippen molar-refractivity contribution in [2.45, 2.75) is 45.2 Å². The van der Waals surface area contributed by atoms with Crippen molar-refractivity contribution in [1.29, 1.82) is 0 Å². The largest absolute Gasteiger partial charge is 0.462 e. The van der Waals surface area contributed by atoms with Gasteiger partial charge in [-0.25, -0.2) is 14.8 Å². The summed E-state index contributed by atoms with van der Waals surface area (Å²) >= 11 is 4.15. The van der Waals surface area contributed by atoms with E-state index >= 15 is 0 Å². The number of nitrogens with zero attached hydrogens (tertiary/aromatic N) is 5. The van der Waals surface area contributed by atoms with Crippen molar-refractivity contribution in [3.05, 3.63) is 27.3 Å². The molecule has 12 heteroatoms. The number of ether oxygens (including phenoxy) is 1. The highest BCUT2D eigenvalue weighted by atomic mass is 32.2. The number of amides is 1. The Morgan fingerprint density at radius 1 is 1.33 bits per heavy atom. The number of thioether (sulfide) groups is 1. The van der Waals surface area contributed by atoms with Crippen molar-refractivity contribution in [1.82, 2.24) is 24.6 Å². The zero-order valence-corrected chi connectivity index (χ0v) is 20.8. The van der Waals surface area contributed by atoms with Gasteiger partial charge in [0.15, 0.2) is 15.9 Å². The Morgan fingerprint density at radius 2 is 2.18 bits per heavy atom. The summed E-state index contributed by atoms with van der Waals surface area (Å²) in [6.45, 7) is 6.04. The van der Waals surface area contributed by atoms with Gasteiger partial charge in [-0.2, -0.15) is 0 Å². The molecule has 1 N–H and O–H groups in total. The molecule has 1 aliphatic carbocycles. The van der Waals surface area contributed by atoms with Crippen LogP contribution in [0.25, 0.3) is 15.9 Å². The number of anilines is 1. The molecule has 0 spiro atoms. The van der Waals surface area contributed by atoms with Crippen LogP contribution in [-0.4, -0.2) is 48.8 Å². The lowest BCUT2D eigenvalue weighted by molar-refractivity contribution is -0.113. The predicted molar refractivity (Wildman–Crippen MR) is 130 cm³/mol. The highest BCUT2D eigenvalue weighted by Gasteiger charge is 2.24. The molecule has 0 fully saturated rings. The Kier molecular flexibility index (Phi) is 6.06. The standard InChI is InChI=1S/C21H22N6O3S3/c1-4-30-19(29)16-11(3)23-20(33-16)24-14(28)8-31-21-26-25-17-15-12-6-5-10(2)7-13(12)32-18(15)22-9-27(17)21/h9-10H,4-8H2,1-3H3,(H,23,24,28). The number of thiazole rings is 1. The van der Waals surface area contributed by atoms with Crippen LogP contribution < -0.4 is 5.32 Å². The van der Waals surface area contributed by atoms with Crippen molar-refractivity contribution in [2.75, 3.05) is 17.7 Å². The van der Waals surface area contributed by atoms with E-state index < -0.39 is 5.97 Å². The van der Waals surface area contributed by atoms with Gasteiger partial charge in [0.25, 0.3) is 0 Å². The second-order valence-electron chi connectivity index (χ2n) is 7.94. The van der Waals surface area contributed by atoms with Gasteiger partial charge in [0, 0.05) is 4.88 Å². The molecule has 1 aliphatic rings. The van der Waals surface area contributed by atoms with Crippen molar-refractivity contribution in [3.63, 3.8) is 0 Å². The number of aromatic nitrogens is 5. The molecule has 1 unspecified atom stereocenters. The lowest BCUT2D eigenvalue weighted by atomic mass is 9.89. The zero-order valence-electron chi connectivity index (χ0n) is 18.4. The summed E-state index contributed by atoms with van der Waals surface area (Å²) in [7, 11) is 0. The smallest absolute Gasteiger partial charge is 0.350 e. The fraction of sp³-hybridized carbons (Fsp3) is 0.429. The zero-order chi connectivity index (χ0) is 23.1. The van der Waals surface area contributed by atoms with Crippen LogP contribution in [0.4, 0.5) is 5.13 Å². The van der Waals surface area contributed by atoms with Gasteiger partial charge >= 0.3 is 5.97 Å². The maximum absolute atomic E-state index is 12.5. The van der Waals surface area contributed by atoms with E-state index in [0.717, 1.165) is 40.0 Å². The summed E-state index contributed by atoms with van der Waals surface area (Å²) in [5.74, 6) is 0.156. The number of hydrogen-bond donors (Lipinski definition) is 1. The van der Waals surface area contributed by atoms with Crippen LogP contribution >= 0.6 is 34.4 Å². The molecule has 4 aromatic heterocycles. The van der Waals surface area contributed by atoms with E-state index in [-0.39, 0.29) is 18.3 Å². The molecule has 0 aliphatic heterocycles. The van der Waals surface area contributed by atoms with Crippen molar-refractivity contribution < 1.29 is 14.3 Å². The summed E-state index contributed by atoms with van der Waals surface area (Å²) in [6, 6.07) is 0. The minimum absolute atomic E-state index is 0.130. The number of hydrogen-bond acceptors (Lipinski definition) is 10. The van der Waals surface area contributed by atoms with Gasteiger partial charge in [0.2, 0.25) is 5.91 Å². The molecule has 33 heavy (non-hydrogen) atoms. The van der Waals surface area contributed by atoms with Crippen LogP contribution in [0.15, 0.2) is 11.5 Å². The van der Waals surface area contributed by atoms with Gasteiger partial charge < -0.3 is 10.1 Å². The van der Waals surface area contributed by atoms with E-state index in [1.165, 1.54) is 28.6 Å². The first kappa shape index (κ1) is 22.2. The number of esters is 1. The Balaban J connectivity index is 1.31. The van der Waals surface area contributed by atoms with Crippen LogP contribution in [0, 0.1) is 12.8 Å². The Morgan fingerprint density at radius 3 is 3.00 bits per heavy atom. The number of nitrogens with one attached hydrogen (secondary N) is 1. The summed E-state index contributed by atoms with van der Waals surface area (Å²) in [5, 5.41) is 13.6. The lowest BCUT2D eigenvalue weighted by Gasteiger charge is -2.17. The summed E-state index contributed by atoms with van der Waals surface area (Å²) in [5.41, 5.74) is 2.68. The van der Waals surface area contributed by atoms with Gasteiger partial charge in [-0.05, 0) is 44.6 Å². The van der Waals surface area contributed by atoms with Gasteiger partial charge in [0.05, 0.1) is 23.4 Å². The van der Waals surface area contributed by atoms with E-state index in [1.54, 1.807) is 31.5 Å². The van der Waals surface area contributed by atoms with Crippen LogP contribution in [0.3, 0.4) is 0 Å². The normalized spacial score (nSPS) is 15.7. The third kappa shape index (κ3) is 4.22. The Bertz CT molecular complexity index is 1370. The molecule has 0 radical (unpaired) electrons. The molecule has 1 atom stereocenters. The number of carbonyl (C=O) groups excluding carboxylic acids is 2. The molecule has 0 saturated carbocycles. The molecular weight excluding hydrogens is 480 g/mol. The summed E-state index contributed by atoms with van der Waals surface area (Å²) in [4.78, 5) is 36.2. The molecule has 4 heterocycles. The van der Waals surface area contributed by atoms with Gasteiger partial charge in [-0.3, -0.25) is 9.20 Å². The maximum Gasteiger partial charge on any atom is 0.350 e. The molecule has 0 bridgehead atoms. The van der Waals surface area contributed by atoms with E-state index in [1.807, 2.05) is 4.40 Å². The summed E-state index contributed by atoms with van der Waals surface area (Å²) < 4.78 is 6.88. The van der Waals surface area contributed by atoms with Gasteiger partial charge in [-0.1, -0.05) is 30.0 Å². The second kappa shape index (κ2) is 8.99. The third-order valence-electron chi connectivity index (χ3n) is 5.51. The third-order valence-corrected chi connectivity index (χ3v) is 8.67. The number of carbonyl (C=O) groups is 2. The van der Waals surface area contributed by atoms with Gasteiger partial charge in [-0.15, -0.1) is 21.5 Å². The molecule has 0 aromatic carbocycles. The highest BCUT2D eigenvalue weighted by Crippen LogP contribution is 2.39.